The lowest BCUT2D eigenvalue weighted by Crippen LogP contribution is -2.26. The molecule has 0 saturated carbocycles. The summed E-state index contributed by atoms with van der Waals surface area (Å²) in [7, 11) is 0. The smallest absolute Gasteiger partial charge is 0.138 e. The number of rotatable bonds is 7. The molecule has 2 aromatic rings. The Morgan fingerprint density at radius 3 is 2.76 bits per heavy atom. The molecule has 4 heteroatoms. The molecule has 0 radical (unpaired) electrons. The van der Waals surface area contributed by atoms with Crippen LogP contribution in [0.5, 0.6) is 0 Å². The van der Waals surface area contributed by atoms with Crippen LogP contribution >= 0.6 is 0 Å². The first-order valence-corrected chi connectivity index (χ1v) is 7.80. The molecule has 0 aliphatic heterocycles. The average molecular weight is 286 g/mol. The molecular weight excluding hydrogens is 260 g/mol. The van der Waals surface area contributed by atoms with Crippen molar-refractivity contribution in [1.29, 1.82) is 0 Å². The summed E-state index contributed by atoms with van der Waals surface area (Å²) in [6.45, 7) is 9.61. The normalized spacial score (nSPS) is 12.8. The maximum absolute atomic E-state index is 4.45. The molecule has 1 aromatic carbocycles. The van der Waals surface area contributed by atoms with Crippen molar-refractivity contribution in [3.05, 3.63) is 47.5 Å². The van der Waals surface area contributed by atoms with Crippen molar-refractivity contribution in [3.8, 4) is 0 Å². The molecule has 0 spiro atoms. The number of hydrogen-bond donors (Lipinski definition) is 1. The topological polar surface area (TPSA) is 42.7 Å². The van der Waals surface area contributed by atoms with Crippen molar-refractivity contribution >= 4 is 0 Å². The Hall–Kier alpha value is -1.68. The molecule has 1 unspecified atom stereocenters. The van der Waals surface area contributed by atoms with Crippen LogP contribution < -0.4 is 5.32 Å². The molecule has 0 bridgehead atoms. The van der Waals surface area contributed by atoms with E-state index in [1.165, 1.54) is 11.1 Å². The standard InChI is InChI=1S/C17H26N4/c1-5-9-18-16(15-8-6-7-14(4)10-15)11-17-19-12-20-21(17)13(2)3/h6-8,10,12-13,16,18H,5,9,11H2,1-4H3. The summed E-state index contributed by atoms with van der Waals surface area (Å²) in [5.41, 5.74) is 2.61. The van der Waals surface area contributed by atoms with Crippen molar-refractivity contribution in [2.75, 3.05) is 6.54 Å². The molecule has 0 aliphatic rings. The Balaban J connectivity index is 2.22. The summed E-state index contributed by atoms with van der Waals surface area (Å²) in [5, 5.41) is 7.97. The average Bonchev–Trinajstić information content (AvgIpc) is 2.91. The van der Waals surface area contributed by atoms with Crippen LogP contribution in [0, 0.1) is 6.92 Å². The van der Waals surface area contributed by atoms with Gasteiger partial charge in [0.05, 0.1) is 0 Å². The summed E-state index contributed by atoms with van der Waals surface area (Å²) in [6.07, 6.45) is 3.64. The Morgan fingerprint density at radius 1 is 1.29 bits per heavy atom. The van der Waals surface area contributed by atoms with Gasteiger partial charge in [0.1, 0.15) is 12.2 Å². The van der Waals surface area contributed by atoms with Crippen LogP contribution in [0.25, 0.3) is 0 Å². The van der Waals surface area contributed by atoms with Gasteiger partial charge in [0, 0.05) is 18.5 Å². The van der Waals surface area contributed by atoms with E-state index in [-0.39, 0.29) is 6.04 Å². The molecule has 1 aromatic heterocycles. The molecular formula is C17H26N4. The van der Waals surface area contributed by atoms with Gasteiger partial charge in [-0.15, -0.1) is 0 Å². The van der Waals surface area contributed by atoms with Crippen LogP contribution in [0.2, 0.25) is 0 Å². The second-order valence-electron chi connectivity index (χ2n) is 5.84. The molecule has 1 N–H and O–H groups in total. The number of nitrogens with zero attached hydrogens (tertiary/aromatic N) is 3. The SMILES string of the molecule is CCCNC(Cc1ncnn1C(C)C)c1cccc(C)c1. The second kappa shape index (κ2) is 7.36. The van der Waals surface area contributed by atoms with Gasteiger partial charge in [-0.05, 0) is 39.3 Å². The highest BCUT2D eigenvalue weighted by Crippen LogP contribution is 2.20. The van der Waals surface area contributed by atoms with E-state index in [4.69, 9.17) is 0 Å². The Morgan fingerprint density at radius 2 is 2.10 bits per heavy atom. The first-order chi connectivity index (χ1) is 10.1. The van der Waals surface area contributed by atoms with Gasteiger partial charge in [0.2, 0.25) is 0 Å². The predicted octanol–water partition coefficient (Wildman–Crippen LogP) is 3.45. The molecule has 0 amide bonds. The Labute approximate surface area is 127 Å². The fourth-order valence-electron chi connectivity index (χ4n) is 2.55. The zero-order valence-electron chi connectivity index (χ0n) is 13.5. The van der Waals surface area contributed by atoms with Crippen LogP contribution in [0.4, 0.5) is 0 Å². The largest absolute Gasteiger partial charge is 0.310 e. The van der Waals surface area contributed by atoms with Crippen LogP contribution in [-0.2, 0) is 6.42 Å². The molecule has 114 valence electrons. The van der Waals surface area contributed by atoms with E-state index in [0.29, 0.717) is 6.04 Å². The van der Waals surface area contributed by atoms with Crippen molar-refractivity contribution in [2.24, 2.45) is 0 Å². The summed E-state index contributed by atoms with van der Waals surface area (Å²) in [5.74, 6) is 1.04. The van der Waals surface area contributed by atoms with Crippen molar-refractivity contribution in [2.45, 2.75) is 52.6 Å². The van der Waals surface area contributed by atoms with Gasteiger partial charge in [-0.2, -0.15) is 5.10 Å². The molecule has 0 aliphatic carbocycles. The summed E-state index contributed by atoms with van der Waals surface area (Å²) >= 11 is 0. The zero-order chi connectivity index (χ0) is 15.2. The Bertz CT molecular complexity index is 559. The van der Waals surface area contributed by atoms with E-state index in [1.807, 2.05) is 4.68 Å². The lowest BCUT2D eigenvalue weighted by molar-refractivity contribution is 0.463. The summed E-state index contributed by atoms with van der Waals surface area (Å²) < 4.78 is 2.01. The van der Waals surface area contributed by atoms with Crippen molar-refractivity contribution < 1.29 is 0 Å². The van der Waals surface area contributed by atoms with Crippen LogP contribution in [-0.4, -0.2) is 21.3 Å². The lowest BCUT2D eigenvalue weighted by Gasteiger charge is -2.20. The van der Waals surface area contributed by atoms with Gasteiger partial charge in [-0.3, -0.25) is 0 Å². The monoisotopic (exact) mass is 286 g/mol. The number of benzene rings is 1. The maximum Gasteiger partial charge on any atom is 0.138 e. The highest BCUT2D eigenvalue weighted by Gasteiger charge is 2.16. The van der Waals surface area contributed by atoms with Crippen LogP contribution in [0.15, 0.2) is 30.6 Å². The van der Waals surface area contributed by atoms with Gasteiger partial charge in [0.15, 0.2) is 0 Å². The number of nitrogens with one attached hydrogen (secondary N) is 1. The van der Waals surface area contributed by atoms with Gasteiger partial charge in [-0.1, -0.05) is 36.8 Å². The second-order valence-corrected chi connectivity index (χ2v) is 5.84. The minimum atomic E-state index is 0.284. The lowest BCUT2D eigenvalue weighted by atomic mass is 10.0. The first kappa shape index (κ1) is 15.7. The van der Waals surface area contributed by atoms with E-state index >= 15 is 0 Å². The highest BCUT2D eigenvalue weighted by molar-refractivity contribution is 5.25. The van der Waals surface area contributed by atoms with Gasteiger partial charge >= 0.3 is 0 Å². The quantitative estimate of drug-likeness (QED) is 0.847. The van der Waals surface area contributed by atoms with E-state index in [0.717, 1.165) is 25.2 Å². The van der Waals surface area contributed by atoms with Gasteiger partial charge in [0.25, 0.3) is 0 Å². The van der Waals surface area contributed by atoms with E-state index < -0.39 is 0 Å². The third-order valence-electron chi connectivity index (χ3n) is 3.61. The number of aromatic nitrogens is 3. The third kappa shape index (κ3) is 4.14. The maximum atomic E-state index is 4.45. The first-order valence-electron chi connectivity index (χ1n) is 7.80. The Kier molecular flexibility index (Phi) is 5.51. The fraction of sp³-hybridized carbons (Fsp3) is 0.529. The number of aryl methyl sites for hydroxylation is 1. The zero-order valence-corrected chi connectivity index (χ0v) is 13.5. The molecule has 1 atom stereocenters. The minimum absolute atomic E-state index is 0.284. The van der Waals surface area contributed by atoms with E-state index in [1.54, 1.807) is 6.33 Å². The number of hydrogen-bond acceptors (Lipinski definition) is 3. The van der Waals surface area contributed by atoms with Crippen LogP contribution in [0.1, 0.15) is 56.2 Å². The van der Waals surface area contributed by atoms with Crippen molar-refractivity contribution in [1.82, 2.24) is 20.1 Å². The highest BCUT2D eigenvalue weighted by atomic mass is 15.3. The van der Waals surface area contributed by atoms with Gasteiger partial charge < -0.3 is 5.32 Å². The van der Waals surface area contributed by atoms with Gasteiger partial charge in [-0.25, -0.2) is 9.67 Å². The summed E-state index contributed by atoms with van der Waals surface area (Å²) in [4.78, 5) is 4.45. The molecule has 0 fully saturated rings. The minimum Gasteiger partial charge on any atom is -0.310 e. The molecule has 4 nitrogen and oxygen atoms in total. The summed E-state index contributed by atoms with van der Waals surface area (Å²) in [6, 6.07) is 9.33. The molecule has 2 rings (SSSR count). The molecule has 0 saturated heterocycles. The van der Waals surface area contributed by atoms with Crippen LogP contribution in [0.3, 0.4) is 0 Å². The molecule has 21 heavy (non-hydrogen) atoms. The molecule has 1 heterocycles. The van der Waals surface area contributed by atoms with Crippen molar-refractivity contribution in [3.63, 3.8) is 0 Å². The van der Waals surface area contributed by atoms with E-state index in [9.17, 15) is 0 Å². The van der Waals surface area contributed by atoms with E-state index in [2.05, 4.69) is 67.4 Å². The third-order valence-corrected chi connectivity index (χ3v) is 3.61. The predicted molar refractivity (Wildman–Crippen MR) is 86.3 cm³/mol. The fourth-order valence-corrected chi connectivity index (χ4v) is 2.55.